The van der Waals surface area contributed by atoms with Crippen LogP contribution in [0.1, 0.15) is 19.3 Å². The molecule has 18 heavy (non-hydrogen) atoms. The molecule has 0 spiro atoms. The van der Waals surface area contributed by atoms with Gasteiger partial charge in [0, 0.05) is 7.05 Å². The number of hydrogen-bond donors (Lipinski definition) is 1. The molecule has 2 aliphatic heterocycles. The Labute approximate surface area is 107 Å². The molecule has 0 aromatic heterocycles. The molecule has 1 saturated heterocycles. The minimum atomic E-state index is -0.384. The van der Waals surface area contributed by atoms with E-state index in [1.165, 1.54) is 6.42 Å². The van der Waals surface area contributed by atoms with Gasteiger partial charge in [-0.25, -0.2) is 0 Å². The van der Waals surface area contributed by atoms with Gasteiger partial charge in [0.2, 0.25) is 0 Å². The molecule has 0 aliphatic carbocycles. The Balaban J connectivity index is 1.88. The summed E-state index contributed by atoms with van der Waals surface area (Å²) in [5.74, 6) is 0.852. The Hall–Kier alpha value is -1.55. The van der Waals surface area contributed by atoms with Crippen molar-refractivity contribution in [3.63, 3.8) is 0 Å². The van der Waals surface area contributed by atoms with Gasteiger partial charge in [0.15, 0.2) is 6.10 Å². The molecule has 4 heteroatoms. The molecule has 0 bridgehead atoms. The zero-order chi connectivity index (χ0) is 12.5. The number of likely N-dealkylation sites (N-methyl/N-ethyl adjacent to an activating group) is 1. The minimum absolute atomic E-state index is 0.0492. The number of benzene rings is 1. The van der Waals surface area contributed by atoms with Crippen LogP contribution in [0.25, 0.3) is 0 Å². The fraction of sp³-hybridized carbons (Fsp3) is 0.500. The highest BCUT2D eigenvalue weighted by Gasteiger charge is 2.38. The number of carbonyl (C=O) groups excluding carboxylic acids is 1. The van der Waals surface area contributed by atoms with Crippen LogP contribution in [0.15, 0.2) is 24.3 Å². The van der Waals surface area contributed by atoms with Crippen LogP contribution in [0.2, 0.25) is 0 Å². The minimum Gasteiger partial charge on any atom is -0.477 e. The third-order valence-corrected chi connectivity index (χ3v) is 3.77. The Bertz CT molecular complexity index is 455. The van der Waals surface area contributed by atoms with Crippen molar-refractivity contribution < 1.29 is 9.53 Å². The lowest BCUT2D eigenvalue weighted by molar-refractivity contribution is -0.127. The largest absolute Gasteiger partial charge is 0.477 e. The van der Waals surface area contributed by atoms with Crippen LogP contribution in [0.5, 0.6) is 5.75 Å². The summed E-state index contributed by atoms with van der Waals surface area (Å²) in [7, 11) is 1.82. The first kappa shape index (κ1) is 11.5. The number of amides is 1. The van der Waals surface area contributed by atoms with Crippen molar-refractivity contribution in [1.82, 2.24) is 5.32 Å². The Morgan fingerprint density at radius 2 is 2.17 bits per heavy atom. The molecule has 0 radical (unpaired) electrons. The zero-order valence-electron chi connectivity index (χ0n) is 10.6. The van der Waals surface area contributed by atoms with Gasteiger partial charge in [-0.05, 0) is 31.5 Å². The number of nitrogens with one attached hydrogen (secondary N) is 1. The summed E-state index contributed by atoms with van der Waals surface area (Å²) in [5.41, 5.74) is 0.856. The molecule has 3 rings (SSSR count). The van der Waals surface area contributed by atoms with Gasteiger partial charge in [0.1, 0.15) is 5.75 Å². The first-order valence-electron chi connectivity index (χ1n) is 6.54. The lowest BCUT2D eigenvalue weighted by Crippen LogP contribution is -2.55. The van der Waals surface area contributed by atoms with Crippen molar-refractivity contribution in [1.29, 1.82) is 0 Å². The Morgan fingerprint density at radius 1 is 1.33 bits per heavy atom. The normalized spacial score (nSPS) is 27.6. The van der Waals surface area contributed by atoms with Crippen LogP contribution in [-0.2, 0) is 4.79 Å². The third kappa shape index (κ3) is 1.86. The maximum atomic E-state index is 12.3. The van der Waals surface area contributed by atoms with E-state index in [0.717, 1.165) is 30.8 Å². The first-order valence-corrected chi connectivity index (χ1v) is 6.54. The van der Waals surface area contributed by atoms with Crippen molar-refractivity contribution >= 4 is 11.6 Å². The number of para-hydroxylation sites is 2. The van der Waals surface area contributed by atoms with Crippen molar-refractivity contribution in [3.05, 3.63) is 24.3 Å². The van der Waals surface area contributed by atoms with Crippen molar-refractivity contribution in [2.75, 3.05) is 18.5 Å². The Morgan fingerprint density at radius 3 is 2.94 bits per heavy atom. The number of carbonyl (C=O) groups is 1. The summed E-state index contributed by atoms with van der Waals surface area (Å²) in [4.78, 5) is 14.1. The van der Waals surface area contributed by atoms with Crippen molar-refractivity contribution in [2.24, 2.45) is 0 Å². The molecular weight excluding hydrogens is 228 g/mol. The van der Waals surface area contributed by atoms with E-state index in [4.69, 9.17) is 4.74 Å². The van der Waals surface area contributed by atoms with E-state index in [2.05, 4.69) is 5.32 Å². The molecule has 2 unspecified atom stereocenters. The molecule has 1 N–H and O–H groups in total. The molecular formula is C14H18N2O2. The lowest BCUT2D eigenvalue weighted by atomic mass is 9.98. The number of anilines is 1. The highest BCUT2D eigenvalue weighted by molar-refractivity contribution is 6.00. The van der Waals surface area contributed by atoms with Crippen LogP contribution >= 0.6 is 0 Å². The summed E-state index contributed by atoms with van der Waals surface area (Å²) in [6.45, 7) is 0.975. The summed E-state index contributed by atoms with van der Waals surface area (Å²) in [5, 5.41) is 3.40. The van der Waals surface area contributed by atoms with E-state index in [1.807, 2.05) is 31.3 Å². The van der Waals surface area contributed by atoms with Gasteiger partial charge in [-0.3, -0.25) is 4.79 Å². The van der Waals surface area contributed by atoms with E-state index in [9.17, 15) is 4.79 Å². The van der Waals surface area contributed by atoms with E-state index in [1.54, 1.807) is 4.90 Å². The first-order chi connectivity index (χ1) is 8.77. The molecule has 0 saturated carbocycles. The smallest absolute Gasteiger partial charge is 0.269 e. The second kappa shape index (κ2) is 4.61. The Kier molecular flexibility index (Phi) is 2.96. The van der Waals surface area contributed by atoms with Gasteiger partial charge in [0.25, 0.3) is 5.91 Å². The van der Waals surface area contributed by atoms with Gasteiger partial charge >= 0.3 is 0 Å². The standard InChI is InChI=1S/C14H18N2O2/c1-16-11-7-2-3-8-12(11)18-13(14(16)17)10-6-4-5-9-15-10/h2-3,7-8,10,13,15H,4-6,9H2,1H3. The SMILES string of the molecule is CN1C(=O)C(C2CCCCN2)Oc2ccccc21. The quantitative estimate of drug-likeness (QED) is 0.817. The molecule has 2 atom stereocenters. The lowest BCUT2D eigenvalue weighted by Gasteiger charge is -2.37. The molecule has 2 heterocycles. The highest BCUT2D eigenvalue weighted by Crippen LogP contribution is 2.34. The molecule has 96 valence electrons. The van der Waals surface area contributed by atoms with Crippen molar-refractivity contribution in [3.8, 4) is 5.75 Å². The predicted octanol–water partition coefficient (Wildman–Crippen LogP) is 1.55. The number of hydrogen-bond acceptors (Lipinski definition) is 3. The fourth-order valence-electron chi connectivity index (χ4n) is 2.72. The van der Waals surface area contributed by atoms with Gasteiger partial charge in [-0.1, -0.05) is 18.6 Å². The highest BCUT2D eigenvalue weighted by atomic mass is 16.5. The molecule has 2 aliphatic rings. The predicted molar refractivity (Wildman–Crippen MR) is 69.9 cm³/mol. The molecule has 1 aromatic rings. The van der Waals surface area contributed by atoms with Crippen LogP contribution < -0.4 is 15.0 Å². The second-order valence-electron chi connectivity index (χ2n) is 4.96. The van der Waals surface area contributed by atoms with Crippen molar-refractivity contribution in [2.45, 2.75) is 31.4 Å². The van der Waals surface area contributed by atoms with Gasteiger partial charge in [0.05, 0.1) is 11.7 Å². The summed E-state index contributed by atoms with van der Waals surface area (Å²) >= 11 is 0. The number of piperidine rings is 1. The second-order valence-corrected chi connectivity index (χ2v) is 4.96. The number of fused-ring (bicyclic) bond motifs is 1. The zero-order valence-corrected chi connectivity index (χ0v) is 10.6. The van der Waals surface area contributed by atoms with E-state index >= 15 is 0 Å². The van der Waals surface area contributed by atoms with Gasteiger partial charge in [-0.15, -0.1) is 0 Å². The molecule has 1 fully saturated rings. The van der Waals surface area contributed by atoms with Crippen LogP contribution in [0.3, 0.4) is 0 Å². The maximum absolute atomic E-state index is 12.3. The topological polar surface area (TPSA) is 41.6 Å². The monoisotopic (exact) mass is 246 g/mol. The number of ether oxygens (including phenoxy) is 1. The molecule has 1 amide bonds. The summed E-state index contributed by atoms with van der Waals surface area (Å²) < 4.78 is 5.90. The summed E-state index contributed by atoms with van der Waals surface area (Å²) in [6, 6.07) is 7.84. The number of nitrogens with zero attached hydrogens (tertiary/aromatic N) is 1. The fourth-order valence-corrected chi connectivity index (χ4v) is 2.72. The van der Waals surface area contributed by atoms with E-state index in [0.29, 0.717) is 0 Å². The average molecular weight is 246 g/mol. The van der Waals surface area contributed by atoms with Crippen LogP contribution in [-0.4, -0.2) is 31.6 Å². The van der Waals surface area contributed by atoms with E-state index in [-0.39, 0.29) is 18.1 Å². The number of rotatable bonds is 1. The van der Waals surface area contributed by atoms with Crippen LogP contribution in [0, 0.1) is 0 Å². The molecule has 1 aromatic carbocycles. The summed E-state index contributed by atoms with van der Waals surface area (Å²) in [6.07, 6.45) is 2.97. The van der Waals surface area contributed by atoms with Gasteiger partial charge in [-0.2, -0.15) is 0 Å². The molecule has 4 nitrogen and oxygen atoms in total. The third-order valence-electron chi connectivity index (χ3n) is 3.77. The van der Waals surface area contributed by atoms with Crippen LogP contribution in [0.4, 0.5) is 5.69 Å². The average Bonchev–Trinajstić information content (AvgIpc) is 2.44. The van der Waals surface area contributed by atoms with E-state index < -0.39 is 0 Å². The van der Waals surface area contributed by atoms with Gasteiger partial charge < -0.3 is 15.0 Å². The maximum Gasteiger partial charge on any atom is 0.269 e.